The Balaban J connectivity index is 1.82. The molecule has 0 aliphatic carbocycles. The summed E-state index contributed by atoms with van der Waals surface area (Å²) in [6.07, 6.45) is -3.39. The van der Waals surface area contributed by atoms with Crippen molar-refractivity contribution < 1.29 is 13.2 Å². The van der Waals surface area contributed by atoms with Gasteiger partial charge in [-0.2, -0.15) is 13.2 Å². The van der Waals surface area contributed by atoms with Gasteiger partial charge in [0.25, 0.3) is 0 Å². The van der Waals surface area contributed by atoms with Gasteiger partial charge in [-0.25, -0.2) is 0 Å². The third kappa shape index (κ3) is 6.52. The second-order valence-corrected chi connectivity index (χ2v) is 7.35. The highest BCUT2D eigenvalue weighted by atomic mass is 35.5. The predicted molar refractivity (Wildman–Crippen MR) is 99.9 cm³/mol. The van der Waals surface area contributed by atoms with Crippen LogP contribution in [-0.4, -0.2) is 62.2 Å². The molecule has 1 fully saturated rings. The summed E-state index contributed by atoms with van der Waals surface area (Å²) >= 11 is 12.0. The van der Waals surface area contributed by atoms with Gasteiger partial charge in [0.1, 0.15) is 0 Å². The number of likely N-dealkylation sites (tertiary alicyclic amines) is 1. The van der Waals surface area contributed by atoms with Crippen LogP contribution in [0.4, 0.5) is 13.2 Å². The molecule has 4 nitrogen and oxygen atoms in total. The summed E-state index contributed by atoms with van der Waals surface area (Å²) in [7, 11) is 3.57. The van der Waals surface area contributed by atoms with E-state index in [1.54, 1.807) is 19.2 Å². The molecule has 9 heteroatoms. The van der Waals surface area contributed by atoms with E-state index in [1.165, 1.54) is 4.90 Å². The molecule has 1 aromatic rings. The molecule has 1 N–H and O–H groups in total. The number of rotatable bonds is 5. The molecule has 1 saturated heterocycles. The number of nitrogens with one attached hydrogen (secondary N) is 1. The molecule has 1 aliphatic rings. The van der Waals surface area contributed by atoms with Crippen molar-refractivity contribution in [2.24, 2.45) is 10.9 Å². The van der Waals surface area contributed by atoms with Crippen LogP contribution in [0.5, 0.6) is 0 Å². The van der Waals surface area contributed by atoms with Gasteiger partial charge in [-0.1, -0.05) is 29.3 Å². The summed E-state index contributed by atoms with van der Waals surface area (Å²) < 4.78 is 37.4. The molecule has 1 unspecified atom stereocenters. The van der Waals surface area contributed by atoms with Crippen molar-refractivity contribution >= 4 is 29.2 Å². The zero-order valence-corrected chi connectivity index (χ0v) is 16.3. The van der Waals surface area contributed by atoms with E-state index in [0.29, 0.717) is 42.2 Å². The van der Waals surface area contributed by atoms with Gasteiger partial charge in [-0.3, -0.25) is 9.89 Å². The van der Waals surface area contributed by atoms with Crippen molar-refractivity contribution in [2.75, 3.05) is 40.3 Å². The highest BCUT2D eigenvalue weighted by molar-refractivity contribution is 6.42. The van der Waals surface area contributed by atoms with Gasteiger partial charge in [-0.15, -0.1) is 0 Å². The van der Waals surface area contributed by atoms with Crippen LogP contribution in [0, 0.1) is 5.92 Å². The molecular weight excluding hydrogens is 388 g/mol. The van der Waals surface area contributed by atoms with Gasteiger partial charge in [0, 0.05) is 33.7 Å². The molecule has 2 rings (SSSR count). The maximum absolute atomic E-state index is 12.5. The number of guanidine groups is 1. The molecule has 26 heavy (non-hydrogen) atoms. The summed E-state index contributed by atoms with van der Waals surface area (Å²) in [5.41, 5.74) is 0.988. The molecule has 1 aliphatic heterocycles. The lowest BCUT2D eigenvalue weighted by Gasteiger charge is -2.24. The van der Waals surface area contributed by atoms with Crippen LogP contribution in [0.15, 0.2) is 23.2 Å². The molecule has 1 aromatic carbocycles. The predicted octanol–water partition coefficient (Wildman–Crippen LogP) is 3.88. The molecule has 1 atom stereocenters. The van der Waals surface area contributed by atoms with E-state index in [2.05, 4.69) is 10.3 Å². The Kier molecular flexibility index (Phi) is 7.43. The van der Waals surface area contributed by atoms with E-state index >= 15 is 0 Å². The van der Waals surface area contributed by atoms with Crippen LogP contribution < -0.4 is 5.32 Å². The van der Waals surface area contributed by atoms with Gasteiger partial charge in [0.05, 0.1) is 16.6 Å². The van der Waals surface area contributed by atoms with E-state index in [0.717, 1.165) is 12.0 Å². The lowest BCUT2D eigenvalue weighted by molar-refractivity contribution is -0.143. The van der Waals surface area contributed by atoms with Crippen LogP contribution in [-0.2, 0) is 6.54 Å². The van der Waals surface area contributed by atoms with Crippen molar-refractivity contribution in [1.29, 1.82) is 0 Å². The summed E-state index contributed by atoms with van der Waals surface area (Å²) in [6, 6.07) is 5.45. The monoisotopic (exact) mass is 410 g/mol. The van der Waals surface area contributed by atoms with E-state index < -0.39 is 12.7 Å². The Labute approximate surface area is 162 Å². The number of aliphatic imine (C=N–C) groups is 1. The molecule has 0 radical (unpaired) electrons. The average molecular weight is 411 g/mol. The second-order valence-electron chi connectivity index (χ2n) is 6.54. The van der Waals surface area contributed by atoms with Crippen LogP contribution in [0.25, 0.3) is 0 Å². The van der Waals surface area contributed by atoms with Crippen LogP contribution >= 0.6 is 23.2 Å². The van der Waals surface area contributed by atoms with Crippen LogP contribution in [0.3, 0.4) is 0 Å². The summed E-state index contributed by atoms with van der Waals surface area (Å²) in [4.78, 5) is 7.63. The van der Waals surface area contributed by atoms with E-state index in [1.807, 2.05) is 18.0 Å². The smallest absolute Gasteiger partial charge is 0.356 e. The van der Waals surface area contributed by atoms with E-state index in [9.17, 15) is 13.2 Å². The van der Waals surface area contributed by atoms with Gasteiger partial charge < -0.3 is 10.2 Å². The Morgan fingerprint density at radius 2 is 2.08 bits per heavy atom. The first-order chi connectivity index (χ1) is 12.2. The van der Waals surface area contributed by atoms with Crippen LogP contribution in [0.2, 0.25) is 10.0 Å². The first-order valence-corrected chi connectivity index (χ1v) is 9.08. The van der Waals surface area contributed by atoms with Crippen molar-refractivity contribution in [3.05, 3.63) is 33.8 Å². The summed E-state index contributed by atoms with van der Waals surface area (Å²) in [5, 5.41) is 4.25. The third-order valence-electron chi connectivity index (χ3n) is 4.30. The first-order valence-electron chi connectivity index (χ1n) is 8.32. The minimum absolute atomic E-state index is 0.174. The SMILES string of the molecule is CN=C(NCC1CCN(CC(F)(F)F)C1)N(C)Cc1ccc(Cl)c(Cl)c1. The van der Waals surface area contributed by atoms with Gasteiger partial charge in [0.15, 0.2) is 5.96 Å². The number of hydrogen-bond donors (Lipinski definition) is 1. The Morgan fingerprint density at radius 1 is 1.35 bits per heavy atom. The van der Waals surface area contributed by atoms with Crippen molar-refractivity contribution in [1.82, 2.24) is 15.1 Å². The van der Waals surface area contributed by atoms with Gasteiger partial charge >= 0.3 is 6.18 Å². The largest absolute Gasteiger partial charge is 0.401 e. The molecule has 146 valence electrons. The molecule has 0 spiro atoms. The van der Waals surface area contributed by atoms with E-state index in [-0.39, 0.29) is 5.92 Å². The molecule has 0 bridgehead atoms. The summed E-state index contributed by atoms with van der Waals surface area (Å²) in [5.74, 6) is 0.859. The minimum atomic E-state index is -4.14. The zero-order chi connectivity index (χ0) is 19.3. The van der Waals surface area contributed by atoms with Crippen molar-refractivity contribution in [2.45, 2.75) is 19.1 Å². The fourth-order valence-electron chi connectivity index (χ4n) is 3.08. The number of nitrogens with zero attached hydrogens (tertiary/aromatic N) is 3. The second kappa shape index (κ2) is 9.15. The van der Waals surface area contributed by atoms with Crippen molar-refractivity contribution in [3.8, 4) is 0 Å². The number of halogens is 5. The third-order valence-corrected chi connectivity index (χ3v) is 5.04. The standard InChI is InChI=1S/C17H23Cl2F3N4/c1-23-16(25(2)9-12-3-4-14(18)15(19)7-12)24-8-13-5-6-26(10-13)11-17(20,21)22/h3-4,7,13H,5-6,8-11H2,1-2H3,(H,23,24). The maximum Gasteiger partial charge on any atom is 0.401 e. The Hall–Kier alpha value is -1.18. The quantitative estimate of drug-likeness (QED) is 0.590. The molecule has 0 amide bonds. The summed E-state index contributed by atoms with van der Waals surface area (Å²) in [6.45, 7) is 1.26. The van der Waals surface area contributed by atoms with Gasteiger partial charge in [0.2, 0.25) is 0 Å². The maximum atomic E-state index is 12.5. The van der Waals surface area contributed by atoms with Crippen LogP contribution in [0.1, 0.15) is 12.0 Å². The highest BCUT2D eigenvalue weighted by Crippen LogP contribution is 2.24. The fourth-order valence-corrected chi connectivity index (χ4v) is 3.40. The number of hydrogen-bond acceptors (Lipinski definition) is 2. The number of alkyl halides is 3. The Morgan fingerprint density at radius 3 is 2.69 bits per heavy atom. The molecular formula is C17H23Cl2F3N4. The first kappa shape index (κ1) is 21.1. The van der Waals surface area contributed by atoms with Gasteiger partial charge in [-0.05, 0) is 36.6 Å². The normalized spacial score (nSPS) is 19.0. The topological polar surface area (TPSA) is 30.9 Å². The van der Waals surface area contributed by atoms with Crippen molar-refractivity contribution in [3.63, 3.8) is 0 Å². The molecule has 0 aromatic heterocycles. The minimum Gasteiger partial charge on any atom is -0.356 e. The number of benzene rings is 1. The fraction of sp³-hybridized carbons (Fsp3) is 0.588. The molecule has 0 saturated carbocycles. The Bertz CT molecular complexity index is 637. The zero-order valence-electron chi connectivity index (χ0n) is 14.8. The average Bonchev–Trinajstić information content (AvgIpc) is 2.97. The van der Waals surface area contributed by atoms with E-state index in [4.69, 9.17) is 23.2 Å². The lowest BCUT2D eigenvalue weighted by atomic mass is 10.1. The highest BCUT2D eigenvalue weighted by Gasteiger charge is 2.34. The lowest BCUT2D eigenvalue weighted by Crippen LogP contribution is -2.41. The molecule has 1 heterocycles.